The van der Waals surface area contributed by atoms with Gasteiger partial charge >= 0.3 is 0 Å². The molecule has 16 heavy (non-hydrogen) atoms. The molecule has 1 aliphatic rings. The third kappa shape index (κ3) is 4.42. The molecule has 0 aliphatic heterocycles. The van der Waals surface area contributed by atoms with Gasteiger partial charge in [0.2, 0.25) is 0 Å². The Morgan fingerprint density at radius 1 is 1.12 bits per heavy atom. The van der Waals surface area contributed by atoms with Crippen LogP contribution >= 0.6 is 0 Å². The molecular formula is C14H30N2. The summed E-state index contributed by atoms with van der Waals surface area (Å²) in [6.07, 6.45) is 8.15. The summed E-state index contributed by atoms with van der Waals surface area (Å²) < 4.78 is 0. The van der Waals surface area contributed by atoms with Gasteiger partial charge in [0, 0.05) is 12.1 Å². The molecule has 0 aromatic heterocycles. The standard InChI is InChI=1S/C14H30N2/c1-12(2)9-11-16(13(3)8-10-15)14-6-4-5-7-14/h12-14H,4-11,15H2,1-3H3. The summed E-state index contributed by atoms with van der Waals surface area (Å²) in [5.41, 5.74) is 5.70. The predicted molar refractivity (Wildman–Crippen MR) is 71.6 cm³/mol. The molecule has 1 fully saturated rings. The molecule has 1 unspecified atom stereocenters. The van der Waals surface area contributed by atoms with E-state index in [1.165, 1.54) is 38.6 Å². The number of hydrogen-bond acceptors (Lipinski definition) is 2. The van der Waals surface area contributed by atoms with Gasteiger partial charge in [0.25, 0.3) is 0 Å². The minimum atomic E-state index is 0.673. The van der Waals surface area contributed by atoms with Gasteiger partial charge in [0.1, 0.15) is 0 Å². The van der Waals surface area contributed by atoms with Crippen molar-refractivity contribution in [2.75, 3.05) is 13.1 Å². The second-order valence-electron chi connectivity index (χ2n) is 5.79. The van der Waals surface area contributed by atoms with Crippen LogP contribution in [0.25, 0.3) is 0 Å². The summed E-state index contributed by atoms with van der Waals surface area (Å²) in [4.78, 5) is 2.74. The van der Waals surface area contributed by atoms with E-state index >= 15 is 0 Å². The highest BCUT2D eigenvalue weighted by molar-refractivity contribution is 4.81. The van der Waals surface area contributed by atoms with Crippen LogP contribution in [0.1, 0.15) is 59.3 Å². The number of hydrogen-bond donors (Lipinski definition) is 1. The summed E-state index contributed by atoms with van der Waals surface area (Å²) in [6, 6.07) is 1.52. The number of rotatable bonds is 7. The largest absolute Gasteiger partial charge is 0.330 e. The summed E-state index contributed by atoms with van der Waals surface area (Å²) in [5, 5.41) is 0. The maximum atomic E-state index is 5.70. The first-order valence-corrected chi connectivity index (χ1v) is 7.11. The van der Waals surface area contributed by atoms with Crippen molar-refractivity contribution < 1.29 is 0 Å². The molecule has 0 amide bonds. The summed E-state index contributed by atoms with van der Waals surface area (Å²) >= 11 is 0. The molecule has 0 aromatic rings. The quantitative estimate of drug-likeness (QED) is 0.723. The Hall–Kier alpha value is -0.0800. The first kappa shape index (κ1) is 14.0. The lowest BCUT2D eigenvalue weighted by Crippen LogP contribution is -2.42. The monoisotopic (exact) mass is 226 g/mol. The van der Waals surface area contributed by atoms with Gasteiger partial charge in [-0.3, -0.25) is 4.90 Å². The molecule has 1 rings (SSSR count). The van der Waals surface area contributed by atoms with E-state index in [1.54, 1.807) is 0 Å². The highest BCUT2D eigenvalue weighted by Gasteiger charge is 2.25. The van der Waals surface area contributed by atoms with Gasteiger partial charge in [-0.2, -0.15) is 0 Å². The molecule has 0 bridgehead atoms. The molecule has 1 aliphatic carbocycles. The molecule has 0 aromatic carbocycles. The average Bonchev–Trinajstić information content (AvgIpc) is 2.71. The minimum Gasteiger partial charge on any atom is -0.330 e. The smallest absolute Gasteiger partial charge is 0.00980 e. The topological polar surface area (TPSA) is 29.3 Å². The molecule has 1 saturated carbocycles. The van der Waals surface area contributed by atoms with E-state index in [1.807, 2.05) is 0 Å². The van der Waals surface area contributed by atoms with E-state index in [2.05, 4.69) is 25.7 Å². The van der Waals surface area contributed by atoms with Crippen molar-refractivity contribution in [2.45, 2.75) is 71.4 Å². The third-order valence-electron chi connectivity index (χ3n) is 3.91. The highest BCUT2D eigenvalue weighted by atomic mass is 15.2. The van der Waals surface area contributed by atoms with Crippen molar-refractivity contribution in [3.05, 3.63) is 0 Å². The van der Waals surface area contributed by atoms with E-state index in [9.17, 15) is 0 Å². The van der Waals surface area contributed by atoms with Crippen molar-refractivity contribution in [1.29, 1.82) is 0 Å². The SMILES string of the molecule is CC(C)CCN(C(C)CCN)C1CCCC1. The molecule has 1 atom stereocenters. The Bertz CT molecular complexity index is 174. The second-order valence-corrected chi connectivity index (χ2v) is 5.79. The van der Waals surface area contributed by atoms with Crippen LogP contribution in [0.2, 0.25) is 0 Å². The minimum absolute atomic E-state index is 0.673. The molecule has 0 saturated heterocycles. The van der Waals surface area contributed by atoms with Crippen LogP contribution in [0.4, 0.5) is 0 Å². The fourth-order valence-corrected chi connectivity index (χ4v) is 2.81. The van der Waals surface area contributed by atoms with Gasteiger partial charge in [-0.25, -0.2) is 0 Å². The Balaban J connectivity index is 2.45. The fourth-order valence-electron chi connectivity index (χ4n) is 2.81. The van der Waals surface area contributed by atoms with Gasteiger partial charge in [-0.15, -0.1) is 0 Å². The van der Waals surface area contributed by atoms with E-state index in [0.717, 1.165) is 24.9 Å². The highest BCUT2D eigenvalue weighted by Crippen LogP contribution is 2.26. The Kier molecular flexibility index (Phi) is 6.37. The Labute approximate surface area is 102 Å². The van der Waals surface area contributed by atoms with Crippen LogP contribution in [-0.2, 0) is 0 Å². The lowest BCUT2D eigenvalue weighted by Gasteiger charge is -2.35. The molecule has 0 heterocycles. The normalized spacial score (nSPS) is 19.9. The van der Waals surface area contributed by atoms with E-state index in [0.29, 0.717) is 6.04 Å². The first-order valence-electron chi connectivity index (χ1n) is 7.11. The fraction of sp³-hybridized carbons (Fsp3) is 1.00. The molecule has 2 nitrogen and oxygen atoms in total. The van der Waals surface area contributed by atoms with Gasteiger partial charge in [-0.1, -0.05) is 26.7 Å². The van der Waals surface area contributed by atoms with Gasteiger partial charge in [0.15, 0.2) is 0 Å². The zero-order valence-electron chi connectivity index (χ0n) is 11.4. The summed E-state index contributed by atoms with van der Waals surface area (Å²) in [6.45, 7) is 9.09. The summed E-state index contributed by atoms with van der Waals surface area (Å²) in [7, 11) is 0. The van der Waals surface area contributed by atoms with Crippen molar-refractivity contribution in [1.82, 2.24) is 4.90 Å². The zero-order valence-corrected chi connectivity index (χ0v) is 11.4. The van der Waals surface area contributed by atoms with Crippen molar-refractivity contribution in [3.63, 3.8) is 0 Å². The molecule has 96 valence electrons. The molecule has 0 radical (unpaired) electrons. The lowest BCUT2D eigenvalue weighted by molar-refractivity contribution is 0.132. The Morgan fingerprint density at radius 3 is 2.25 bits per heavy atom. The Morgan fingerprint density at radius 2 is 1.75 bits per heavy atom. The third-order valence-corrected chi connectivity index (χ3v) is 3.91. The van der Waals surface area contributed by atoms with Crippen molar-refractivity contribution in [2.24, 2.45) is 11.7 Å². The van der Waals surface area contributed by atoms with Gasteiger partial charge < -0.3 is 5.73 Å². The number of nitrogens with two attached hydrogens (primary N) is 1. The second kappa shape index (κ2) is 7.29. The van der Waals surface area contributed by atoms with Gasteiger partial charge in [-0.05, 0) is 51.6 Å². The van der Waals surface area contributed by atoms with Crippen LogP contribution in [0.5, 0.6) is 0 Å². The molecule has 0 spiro atoms. The lowest BCUT2D eigenvalue weighted by atomic mass is 10.1. The molecular weight excluding hydrogens is 196 g/mol. The van der Waals surface area contributed by atoms with Crippen LogP contribution in [0.3, 0.4) is 0 Å². The van der Waals surface area contributed by atoms with Crippen LogP contribution in [0, 0.1) is 5.92 Å². The number of nitrogens with zero attached hydrogens (tertiary/aromatic N) is 1. The van der Waals surface area contributed by atoms with Crippen molar-refractivity contribution in [3.8, 4) is 0 Å². The zero-order chi connectivity index (χ0) is 12.0. The van der Waals surface area contributed by atoms with Crippen LogP contribution < -0.4 is 5.73 Å². The average molecular weight is 226 g/mol. The van der Waals surface area contributed by atoms with Crippen molar-refractivity contribution >= 4 is 0 Å². The van der Waals surface area contributed by atoms with E-state index in [-0.39, 0.29) is 0 Å². The van der Waals surface area contributed by atoms with E-state index < -0.39 is 0 Å². The first-order chi connectivity index (χ1) is 7.65. The summed E-state index contributed by atoms with van der Waals surface area (Å²) in [5.74, 6) is 0.814. The van der Waals surface area contributed by atoms with Crippen LogP contribution in [-0.4, -0.2) is 30.1 Å². The maximum absolute atomic E-state index is 5.70. The molecule has 2 heteroatoms. The maximum Gasteiger partial charge on any atom is 0.00980 e. The predicted octanol–water partition coefficient (Wildman–Crippen LogP) is 3.01. The van der Waals surface area contributed by atoms with Gasteiger partial charge in [0.05, 0.1) is 0 Å². The van der Waals surface area contributed by atoms with E-state index in [4.69, 9.17) is 5.73 Å². The molecule has 2 N–H and O–H groups in total. The van der Waals surface area contributed by atoms with Crippen LogP contribution in [0.15, 0.2) is 0 Å².